The van der Waals surface area contributed by atoms with Gasteiger partial charge in [0.25, 0.3) is 5.91 Å². The molecule has 4 rings (SSSR count). The van der Waals surface area contributed by atoms with Crippen LogP contribution in [0.25, 0.3) is 0 Å². The van der Waals surface area contributed by atoms with Crippen LogP contribution in [-0.4, -0.2) is 69.7 Å². The molecule has 2 aliphatic rings. The van der Waals surface area contributed by atoms with Gasteiger partial charge in [0.1, 0.15) is 5.69 Å². The molecule has 1 N–H and O–H groups in total. The fraction of sp³-hybridized carbons (Fsp3) is 0.526. The van der Waals surface area contributed by atoms with E-state index in [9.17, 15) is 4.79 Å². The molecule has 2 fully saturated rings. The van der Waals surface area contributed by atoms with E-state index in [0.717, 1.165) is 64.3 Å². The van der Waals surface area contributed by atoms with E-state index in [1.54, 1.807) is 0 Å². The predicted molar refractivity (Wildman–Crippen MR) is 98.8 cm³/mol. The van der Waals surface area contributed by atoms with Crippen LogP contribution in [0, 0.1) is 0 Å². The first-order valence-electron chi connectivity index (χ1n) is 9.47. The van der Waals surface area contributed by atoms with Gasteiger partial charge in [-0.2, -0.15) is 5.10 Å². The molecule has 1 atom stereocenters. The maximum Gasteiger partial charge on any atom is 0.274 e. The van der Waals surface area contributed by atoms with Crippen LogP contribution in [0.3, 0.4) is 0 Å². The van der Waals surface area contributed by atoms with Gasteiger partial charge in [-0.1, -0.05) is 6.07 Å². The van der Waals surface area contributed by atoms with Crippen LogP contribution in [0.15, 0.2) is 36.7 Å². The van der Waals surface area contributed by atoms with E-state index < -0.39 is 0 Å². The molecule has 26 heavy (non-hydrogen) atoms. The highest BCUT2D eigenvalue weighted by Crippen LogP contribution is 2.17. The van der Waals surface area contributed by atoms with Crippen molar-refractivity contribution in [1.82, 2.24) is 29.9 Å². The largest absolute Gasteiger partial charge is 0.335 e. The minimum Gasteiger partial charge on any atom is -0.335 e. The van der Waals surface area contributed by atoms with Crippen LogP contribution in [-0.2, 0) is 6.54 Å². The number of piperidine rings is 1. The van der Waals surface area contributed by atoms with Gasteiger partial charge in [0, 0.05) is 51.7 Å². The second-order valence-electron chi connectivity index (χ2n) is 7.07. The van der Waals surface area contributed by atoms with Crippen molar-refractivity contribution in [2.24, 2.45) is 0 Å². The van der Waals surface area contributed by atoms with Gasteiger partial charge in [-0.3, -0.25) is 19.4 Å². The highest BCUT2D eigenvalue weighted by Gasteiger charge is 2.25. The van der Waals surface area contributed by atoms with Gasteiger partial charge >= 0.3 is 0 Å². The summed E-state index contributed by atoms with van der Waals surface area (Å²) in [5.41, 5.74) is 1.64. The molecule has 0 aromatic carbocycles. The third kappa shape index (κ3) is 3.94. The maximum absolute atomic E-state index is 12.8. The molecule has 7 heteroatoms. The average Bonchev–Trinajstić information content (AvgIpc) is 3.20. The molecule has 1 amide bonds. The Morgan fingerprint density at radius 3 is 2.81 bits per heavy atom. The van der Waals surface area contributed by atoms with Gasteiger partial charge in [-0.15, -0.1) is 0 Å². The number of amides is 1. The van der Waals surface area contributed by atoms with Crippen molar-refractivity contribution in [1.29, 1.82) is 0 Å². The summed E-state index contributed by atoms with van der Waals surface area (Å²) in [7, 11) is 0. The Morgan fingerprint density at radius 2 is 2.08 bits per heavy atom. The number of piperazine rings is 1. The standard InChI is InChI=1S/C19H26N6O/c26-19(18-6-9-25(22-18)17-5-3-7-20-14-17)24-12-10-23(11-13-24)15-16-4-1-2-8-21-16/h1-2,4,6,8-9,17,20H,3,5,7,10-15H2. The molecule has 0 radical (unpaired) electrons. The number of hydrogen-bond acceptors (Lipinski definition) is 5. The van der Waals surface area contributed by atoms with Crippen LogP contribution in [0.5, 0.6) is 0 Å². The average molecular weight is 354 g/mol. The van der Waals surface area contributed by atoms with Gasteiger partial charge in [0.15, 0.2) is 0 Å². The second kappa shape index (κ2) is 7.97. The third-order valence-electron chi connectivity index (χ3n) is 5.24. The summed E-state index contributed by atoms with van der Waals surface area (Å²) in [5.74, 6) is 0.0463. The first-order valence-corrected chi connectivity index (χ1v) is 9.47. The topological polar surface area (TPSA) is 66.3 Å². The number of carbonyl (C=O) groups is 1. The zero-order valence-corrected chi connectivity index (χ0v) is 15.0. The zero-order chi connectivity index (χ0) is 17.8. The molecule has 7 nitrogen and oxygen atoms in total. The van der Waals surface area contributed by atoms with Crippen LogP contribution < -0.4 is 5.32 Å². The highest BCUT2D eigenvalue weighted by molar-refractivity contribution is 5.92. The lowest BCUT2D eigenvalue weighted by atomic mass is 10.1. The van der Waals surface area contributed by atoms with E-state index in [1.165, 1.54) is 0 Å². The van der Waals surface area contributed by atoms with Gasteiger partial charge in [0.05, 0.1) is 11.7 Å². The summed E-state index contributed by atoms with van der Waals surface area (Å²) in [6.45, 7) is 6.07. The normalized spacial score (nSPS) is 21.7. The van der Waals surface area contributed by atoms with Crippen LogP contribution in [0.2, 0.25) is 0 Å². The zero-order valence-electron chi connectivity index (χ0n) is 15.0. The van der Waals surface area contributed by atoms with E-state index in [0.29, 0.717) is 11.7 Å². The van der Waals surface area contributed by atoms with Crippen molar-refractivity contribution < 1.29 is 4.79 Å². The fourth-order valence-corrected chi connectivity index (χ4v) is 3.71. The summed E-state index contributed by atoms with van der Waals surface area (Å²) >= 11 is 0. The smallest absolute Gasteiger partial charge is 0.274 e. The molecule has 2 aliphatic heterocycles. The minimum atomic E-state index is 0.0463. The quantitative estimate of drug-likeness (QED) is 0.893. The van der Waals surface area contributed by atoms with Crippen molar-refractivity contribution in [3.63, 3.8) is 0 Å². The summed E-state index contributed by atoms with van der Waals surface area (Å²) < 4.78 is 1.96. The Kier molecular flexibility index (Phi) is 5.26. The molecule has 0 bridgehead atoms. The van der Waals surface area contributed by atoms with E-state index in [4.69, 9.17) is 0 Å². The maximum atomic E-state index is 12.8. The predicted octanol–water partition coefficient (Wildman–Crippen LogP) is 1.16. The molecule has 0 saturated carbocycles. The summed E-state index contributed by atoms with van der Waals surface area (Å²) in [6.07, 6.45) is 6.05. The van der Waals surface area contributed by atoms with Crippen LogP contribution >= 0.6 is 0 Å². The van der Waals surface area contributed by atoms with Crippen LogP contribution in [0.1, 0.15) is 35.1 Å². The number of aromatic nitrogens is 3. The van der Waals surface area contributed by atoms with E-state index in [-0.39, 0.29) is 5.91 Å². The number of nitrogens with zero attached hydrogens (tertiary/aromatic N) is 5. The van der Waals surface area contributed by atoms with E-state index in [2.05, 4.69) is 20.3 Å². The lowest BCUT2D eigenvalue weighted by molar-refractivity contribution is 0.0620. The summed E-state index contributed by atoms with van der Waals surface area (Å²) in [4.78, 5) is 21.4. The molecule has 2 aromatic rings. The molecule has 0 spiro atoms. The first-order chi connectivity index (χ1) is 12.8. The van der Waals surface area contributed by atoms with Crippen molar-refractivity contribution in [3.8, 4) is 0 Å². The highest BCUT2D eigenvalue weighted by atomic mass is 16.2. The monoisotopic (exact) mass is 354 g/mol. The molecular formula is C19H26N6O. The molecule has 0 aliphatic carbocycles. The number of hydrogen-bond donors (Lipinski definition) is 1. The van der Waals surface area contributed by atoms with Crippen molar-refractivity contribution in [3.05, 3.63) is 48.0 Å². The Hall–Kier alpha value is -2.25. The van der Waals surface area contributed by atoms with Crippen molar-refractivity contribution >= 4 is 5.91 Å². The van der Waals surface area contributed by atoms with Gasteiger partial charge in [0.2, 0.25) is 0 Å². The second-order valence-corrected chi connectivity index (χ2v) is 7.07. The molecule has 138 valence electrons. The first kappa shape index (κ1) is 17.2. The SMILES string of the molecule is O=C(c1ccn(C2CCCNC2)n1)N1CCN(Cc2ccccn2)CC1. The van der Waals surface area contributed by atoms with E-state index in [1.807, 2.05) is 46.2 Å². The Labute approximate surface area is 154 Å². The molecular weight excluding hydrogens is 328 g/mol. The summed E-state index contributed by atoms with van der Waals surface area (Å²) in [6, 6.07) is 8.21. The van der Waals surface area contributed by atoms with Crippen molar-refractivity contribution in [2.45, 2.75) is 25.4 Å². The number of carbonyl (C=O) groups excluding carboxylic acids is 1. The van der Waals surface area contributed by atoms with Crippen molar-refractivity contribution in [2.75, 3.05) is 39.3 Å². The molecule has 4 heterocycles. The minimum absolute atomic E-state index is 0.0463. The number of pyridine rings is 1. The lowest BCUT2D eigenvalue weighted by Crippen LogP contribution is -2.48. The van der Waals surface area contributed by atoms with Gasteiger partial charge in [-0.25, -0.2) is 0 Å². The van der Waals surface area contributed by atoms with Crippen LogP contribution in [0.4, 0.5) is 0 Å². The van der Waals surface area contributed by atoms with Gasteiger partial charge < -0.3 is 10.2 Å². The summed E-state index contributed by atoms with van der Waals surface area (Å²) in [5, 5.41) is 7.95. The molecule has 2 aromatic heterocycles. The fourth-order valence-electron chi connectivity index (χ4n) is 3.71. The number of rotatable bonds is 4. The lowest BCUT2D eigenvalue weighted by Gasteiger charge is -2.34. The van der Waals surface area contributed by atoms with E-state index >= 15 is 0 Å². The Bertz CT molecular complexity index is 717. The third-order valence-corrected chi connectivity index (χ3v) is 5.24. The Balaban J connectivity index is 1.31. The molecule has 2 saturated heterocycles. The Morgan fingerprint density at radius 1 is 1.19 bits per heavy atom. The number of nitrogens with one attached hydrogen (secondary N) is 1. The van der Waals surface area contributed by atoms with Gasteiger partial charge in [-0.05, 0) is 37.6 Å². The molecule has 1 unspecified atom stereocenters.